The topological polar surface area (TPSA) is 73.6 Å². The molecule has 0 saturated heterocycles. The van der Waals surface area contributed by atoms with E-state index in [1.54, 1.807) is 24.3 Å². The summed E-state index contributed by atoms with van der Waals surface area (Å²) in [6.07, 6.45) is 0. The molecule has 2 rings (SSSR count). The van der Waals surface area contributed by atoms with Crippen molar-refractivity contribution >= 4 is 11.6 Å². The van der Waals surface area contributed by atoms with E-state index < -0.39 is 0 Å². The van der Waals surface area contributed by atoms with Crippen LogP contribution in [0.25, 0.3) is 0 Å². The highest BCUT2D eigenvalue weighted by Gasteiger charge is 2.18. The normalized spacial score (nSPS) is 11.0. The summed E-state index contributed by atoms with van der Waals surface area (Å²) >= 11 is 0. The lowest BCUT2D eigenvalue weighted by Crippen LogP contribution is -2.22. The largest absolute Gasteiger partial charge is 0.492 e. The third-order valence-corrected chi connectivity index (χ3v) is 3.58. The number of nitrogens with one attached hydrogen (secondary N) is 1. The first-order valence-corrected chi connectivity index (χ1v) is 8.35. The van der Waals surface area contributed by atoms with Crippen LogP contribution in [-0.2, 0) is 10.2 Å². The zero-order valence-electron chi connectivity index (χ0n) is 15.0. The van der Waals surface area contributed by atoms with Crippen molar-refractivity contribution in [2.45, 2.75) is 26.2 Å². The third kappa shape index (κ3) is 5.80. The fourth-order valence-electron chi connectivity index (χ4n) is 2.36. The summed E-state index contributed by atoms with van der Waals surface area (Å²) < 4.78 is 11.1. The fourth-order valence-corrected chi connectivity index (χ4v) is 2.36. The molecule has 0 heterocycles. The van der Waals surface area contributed by atoms with E-state index in [-0.39, 0.29) is 17.9 Å². The summed E-state index contributed by atoms with van der Waals surface area (Å²) in [4.78, 5) is 12.1. The van der Waals surface area contributed by atoms with Crippen LogP contribution in [0.4, 0.5) is 5.69 Å². The SMILES string of the molecule is CC(C)(C)c1ccccc1OCC(=O)Nc1ccc(OCCN)cc1. The number of ether oxygens (including phenoxy) is 2. The maximum absolute atomic E-state index is 12.1. The molecule has 0 bridgehead atoms. The fraction of sp³-hybridized carbons (Fsp3) is 0.350. The Balaban J connectivity index is 1.91. The lowest BCUT2D eigenvalue weighted by molar-refractivity contribution is -0.118. The van der Waals surface area contributed by atoms with Crippen molar-refractivity contribution in [2.24, 2.45) is 5.73 Å². The summed E-state index contributed by atoms with van der Waals surface area (Å²) in [7, 11) is 0. The molecule has 134 valence electrons. The van der Waals surface area contributed by atoms with Gasteiger partial charge in [-0.25, -0.2) is 0 Å². The molecule has 0 atom stereocenters. The first kappa shape index (κ1) is 18.8. The predicted octanol–water partition coefficient (Wildman–Crippen LogP) is 3.34. The molecule has 2 aromatic rings. The molecule has 5 nitrogen and oxygen atoms in total. The second-order valence-corrected chi connectivity index (χ2v) is 6.74. The van der Waals surface area contributed by atoms with Crippen molar-refractivity contribution in [3.8, 4) is 11.5 Å². The highest BCUT2D eigenvalue weighted by atomic mass is 16.5. The summed E-state index contributed by atoms with van der Waals surface area (Å²) in [5.41, 5.74) is 7.11. The molecule has 0 unspecified atom stereocenters. The lowest BCUT2D eigenvalue weighted by Gasteiger charge is -2.22. The Labute approximate surface area is 149 Å². The number of carbonyl (C=O) groups is 1. The number of nitrogens with two attached hydrogens (primary N) is 1. The second kappa shape index (κ2) is 8.53. The van der Waals surface area contributed by atoms with Gasteiger partial charge in [0.25, 0.3) is 5.91 Å². The van der Waals surface area contributed by atoms with E-state index in [4.69, 9.17) is 15.2 Å². The van der Waals surface area contributed by atoms with Gasteiger partial charge in [-0.05, 0) is 41.3 Å². The molecule has 1 amide bonds. The van der Waals surface area contributed by atoms with Crippen LogP contribution in [0.2, 0.25) is 0 Å². The van der Waals surface area contributed by atoms with Crippen LogP contribution in [0, 0.1) is 0 Å². The Bertz CT molecular complexity index is 691. The molecule has 0 radical (unpaired) electrons. The molecule has 0 fully saturated rings. The minimum absolute atomic E-state index is 0.0431. The van der Waals surface area contributed by atoms with E-state index in [1.165, 1.54) is 0 Å². The van der Waals surface area contributed by atoms with Gasteiger partial charge < -0.3 is 20.5 Å². The zero-order chi connectivity index (χ0) is 18.3. The number of rotatable bonds is 7. The number of amides is 1. The molecular formula is C20H26N2O3. The smallest absolute Gasteiger partial charge is 0.262 e. The van der Waals surface area contributed by atoms with E-state index in [1.807, 2.05) is 24.3 Å². The van der Waals surface area contributed by atoms with Gasteiger partial charge in [-0.15, -0.1) is 0 Å². The van der Waals surface area contributed by atoms with Crippen molar-refractivity contribution in [3.05, 3.63) is 54.1 Å². The Morgan fingerprint density at radius 2 is 1.72 bits per heavy atom. The van der Waals surface area contributed by atoms with Crippen molar-refractivity contribution in [1.82, 2.24) is 0 Å². The van der Waals surface area contributed by atoms with Gasteiger partial charge in [0.2, 0.25) is 0 Å². The first-order valence-electron chi connectivity index (χ1n) is 8.35. The van der Waals surface area contributed by atoms with E-state index in [9.17, 15) is 4.79 Å². The van der Waals surface area contributed by atoms with Gasteiger partial charge in [0, 0.05) is 12.2 Å². The number of anilines is 1. The Kier molecular flexibility index (Phi) is 6.42. The average Bonchev–Trinajstić information content (AvgIpc) is 2.59. The highest BCUT2D eigenvalue weighted by Crippen LogP contribution is 2.30. The number of carbonyl (C=O) groups excluding carboxylic acids is 1. The van der Waals surface area contributed by atoms with Gasteiger partial charge in [-0.2, -0.15) is 0 Å². The van der Waals surface area contributed by atoms with Gasteiger partial charge >= 0.3 is 0 Å². The maximum Gasteiger partial charge on any atom is 0.262 e. The summed E-state index contributed by atoms with van der Waals surface area (Å²) in [5, 5.41) is 2.81. The quantitative estimate of drug-likeness (QED) is 0.809. The molecule has 0 aliphatic rings. The van der Waals surface area contributed by atoms with E-state index in [0.717, 1.165) is 17.1 Å². The van der Waals surface area contributed by atoms with Gasteiger partial charge in [0.1, 0.15) is 18.1 Å². The number of para-hydroxylation sites is 1. The third-order valence-electron chi connectivity index (χ3n) is 3.58. The molecule has 25 heavy (non-hydrogen) atoms. The highest BCUT2D eigenvalue weighted by molar-refractivity contribution is 5.91. The van der Waals surface area contributed by atoms with Crippen LogP contribution < -0.4 is 20.5 Å². The Hall–Kier alpha value is -2.53. The van der Waals surface area contributed by atoms with Crippen molar-refractivity contribution in [3.63, 3.8) is 0 Å². The van der Waals surface area contributed by atoms with Crippen molar-refractivity contribution in [2.75, 3.05) is 25.1 Å². The van der Waals surface area contributed by atoms with Crippen LogP contribution in [0.1, 0.15) is 26.3 Å². The van der Waals surface area contributed by atoms with Gasteiger partial charge in [0.05, 0.1) is 0 Å². The van der Waals surface area contributed by atoms with E-state index >= 15 is 0 Å². The maximum atomic E-state index is 12.1. The molecule has 0 spiro atoms. The molecule has 3 N–H and O–H groups in total. The second-order valence-electron chi connectivity index (χ2n) is 6.74. The monoisotopic (exact) mass is 342 g/mol. The average molecular weight is 342 g/mol. The van der Waals surface area contributed by atoms with Crippen LogP contribution in [0.15, 0.2) is 48.5 Å². The first-order chi connectivity index (χ1) is 11.9. The lowest BCUT2D eigenvalue weighted by atomic mass is 9.86. The number of benzene rings is 2. The van der Waals surface area contributed by atoms with Crippen molar-refractivity contribution in [1.29, 1.82) is 0 Å². The summed E-state index contributed by atoms with van der Waals surface area (Å²) in [5.74, 6) is 1.24. The molecule has 0 aromatic heterocycles. The Morgan fingerprint density at radius 1 is 1.04 bits per heavy atom. The van der Waals surface area contributed by atoms with Gasteiger partial charge in [-0.3, -0.25) is 4.79 Å². The van der Waals surface area contributed by atoms with Gasteiger partial charge in [0.15, 0.2) is 6.61 Å². The van der Waals surface area contributed by atoms with E-state index in [2.05, 4.69) is 26.1 Å². The van der Waals surface area contributed by atoms with Crippen LogP contribution in [-0.4, -0.2) is 25.7 Å². The standard InChI is InChI=1S/C20H26N2O3/c1-20(2,3)17-6-4-5-7-18(17)25-14-19(23)22-15-8-10-16(11-9-15)24-13-12-21/h4-11H,12-14,21H2,1-3H3,(H,22,23). The predicted molar refractivity (Wildman–Crippen MR) is 100 cm³/mol. The minimum Gasteiger partial charge on any atom is -0.492 e. The number of hydrogen-bond donors (Lipinski definition) is 2. The molecule has 0 aliphatic carbocycles. The van der Waals surface area contributed by atoms with Crippen LogP contribution in [0.5, 0.6) is 11.5 Å². The van der Waals surface area contributed by atoms with E-state index in [0.29, 0.717) is 18.8 Å². The van der Waals surface area contributed by atoms with Crippen LogP contribution in [0.3, 0.4) is 0 Å². The molecule has 0 aliphatic heterocycles. The Morgan fingerprint density at radius 3 is 2.36 bits per heavy atom. The summed E-state index contributed by atoms with van der Waals surface area (Å²) in [6, 6.07) is 14.9. The minimum atomic E-state index is -0.209. The molecule has 5 heteroatoms. The summed E-state index contributed by atoms with van der Waals surface area (Å²) in [6.45, 7) is 7.23. The molecule has 2 aromatic carbocycles. The van der Waals surface area contributed by atoms with Crippen LogP contribution >= 0.6 is 0 Å². The van der Waals surface area contributed by atoms with Gasteiger partial charge in [-0.1, -0.05) is 39.0 Å². The number of hydrogen-bond acceptors (Lipinski definition) is 4. The zero-order valence-corrected chi connectivity index (χ0v) is 15.0. The molecular weight excluding hydrogens is 316 g/mol. The molecule has 0 saturated carbocycles. The van der Waals surface area contributed by atoms with Crippen molar-refractivity contribution < 1.29 is 14.3 Å².